The number of halogens is 5. The van der Waals surface area contributed by atoms with Gasteiger partial charge >= 0.3 is 207 Å². The molecule has 10 aromatic rings. The van der Waals surface area contributed by atoms with Crippen LogP contribution in [0.3, 0.4) is 0 Å². The molecule has 4 unspecified atom stereocenters. The van der Waals surface area contributed by atoms with E-state index in [9.17, 15) is 9.59 Å². The Bertz CT molecular complexity index is 4420. The molecular weight excluding hydrogens is 1720 g/mol. The van der Waals surface area contributed by atoms with Crippen LogP contribution in [0.1, 0.15) is 135 Å². The number of ether oxygens (including phenoxy) is 2. The maximum absolute atomic E-state index is 11.5. The summed E-state index contributed by atoms with van der Waals surface area (Å²) in [6, 6.07) is 32.8. The Kier molecular flexibility index (Phi) is 46.6. The first-order valence-corrected chi connectivity index (χ1v) is 33.5. The van der Waals surface area contributed by atoms with Crippen molar-refractivity contribution in [3.05, 3.63) is 217 Å². The van der Waals surface area contributed by atoms with Gasteiger partial charge in [-0.2, -0.15) is 4.79 Å². The fraction of sp³-hybridized carbons (Fsp3) is 0.314. The molecule has 0 amide bonds. The standard InChI is InChI=1S/C16H15ClN4.C16H18N6.C11H13ClN2O2.C7H7ClN2.C7H10N2.C5H4Cl2N2.C4H6N2O2.C3H6.CH2O3.2Cs.K.H/c1-9-18-13(8-15(17)19-9)10-7-11(10)16-20-12-5-3-4-6-14(12)21(16)2;1-9-18-13(8-15(19-9)21-17)10-7-11(10)16-20-12-5-3-4-6-14(12)22(16)2;1-3-16-11(15)8-4-7(8)9-5-10(12)14-6(2)13-9;1-3-6-4-7(8)10-5(2)9-6;1-9-7-5-3-2-4-6(7)8;1-3-8-4(6)2-5(7)9-3;1-2-8-4(7)3-6-5;1-3-2;2-1-4-3;;;;/h3-6,8,10-11H,7H2,1-2H3;3-6,8,10-11H,7,17H2,1-2H3,(H,18,19,21);5,7-8H,3-4H2,1-2H3;3-4H,1H2,2H3;2-5,9H,8H2,1H3;2H,1H3;3H,2H2,1H3;3H,1H2,2H3;1,3H;;;;/q;;;;;;;;;3*+1;-1/p-1/t2*10?,11-;;;;;;;;;;;/m11.........../s1. The van der Waals surface area contributed by atoms with Crippen molar-refractivity contribution < 1.29 is 229 Å². The Morgan fingerprint density at radius 3 is 1.40 bits per heavy atom. The van der Waals surface area contributed by atoms with Crippen molar-refractivity contribution in [3.8, 4) is 0 Å². The van der Waals surface area contributed by atoms with Crippen molar-refractivity contribution in [2.75, 3.05) is 36.7 Å². The number of allylic oxidation sites excluding steroid dienone is 1. The van der Waals surface area contributed by atoms with Crippen molar-refractivity contribution in [3.63, 3.8) is 0 Å². The Hall–Kier alpha value is -4.22. The van der Waals surface area contributed by atoms with Crippen LogP contribution in [-0.2, 0) is 42.8 Å². The smallest absolute Gasteiger partial charge is 1.00 e. The number of benzene rings is 3. The number of hydrogen-bond donors (Lipinski definition) is 4. The van der Waals surface area contributed by atoms with Gasteiger partial charge < -0.3 is 52.2 Å². The fourth-order valence-electron chi connectivity index (χ4n) is 10.1. The number of hydrazine groups is 1. The molecule has 0 aliphatic heterocycles. The molecular formula is C70H81Cl5Cs2KN20O7+. The predicted octanol–water partition coefficient (Wildman–Crippen LogP) is 4.02. The second kappa shape index (κ2) is 50.6. The number of imidazole rings is 2. The fourth-order valence-corrected chi connectivity index (χ4v) is 11.3. The molecule has 0 spiro atoms. The van der Waals surface area contributed by atoms with E-state index in [4.69, 9.17) is 99.9 Å². The number of aromatic nitrogens is 14. The van der Waals surface area contributed by atoms with Crippen LogP contribution in [0, 0.1) is 40.5 Å². The largest absolute Gasteiger partial charge is 1.00 e. The summed E-state index contributed by atoms with van der Waals surface area (Å²) in [6.45, 7) is 21.9. The molecule has 3 aromatic carbocycles. The summed E-state index contributed by atoms with van der Waals surface area (Å²) in [5.74, 6) is 12.7. The zero-order valence-corrected chi connectivity index (χ0v) is 80.6. The van der Waals surface area contributed by atoms with Gasteiger partial charge in [-0.3, -0.25) is 9.59 Å². The molecule has 6 atom stereocenters. The molecule has 35 heteroatoms. The number of hydrogen-bond acceptors (Lipinski definition) is 23. The summed E-state index contributed by atoms with van der Waals surface area (Å²) in [5.41, 5.74) is 25.8. The van der Waals surface area contributed by atoms with Gasteiger partial charge in [0.05, 0.1) is 64.0 Å². The SMILES string of the molecule is C=CC.C=Cc1cc(Cl)nc(C)n1.CCOC(=O)C1CC1c1cc(Cl)nc(C)n1.CCOC(=O)C=[N+]=[N-].CNc1ccccc1N.Cc1nc(Cl)cc(C2C[C@H]2c2nc3ccccc3n2C)n1.Cc1nc(Cl)cc(Cl)n1.Cc1nc(NN)cc(C2C[C@H]2c2nc3ccccc3n2C)n1.O=CO[O-].[Cs+].[Cs+].[H-].[K+]. The zero-order valence-electron chi connectivity index (χ0n) is 62.1. The van der Waals surface area contributed by atoms with E-state index in [0.29, 0.717) is 92.2 Å². The molecule has 6 N–H and O–H groups in total. The molecule has 13 rings (SSSR count). The number of aryl methyl sites for hydroxylation is 7. The molecule has 540 valence electrons. The molecule has 0 saturated heterocycles. The monoisotopic (exact) mass is 1790 g/mol. The summed E-state index contributed by atoms with van der Waals surface area (Å²) in [4.78, 5) is 86.1. The molecule has 3 fully saturated rings. The number of esters is 2. The number of carbonyl (C=O) groups is 3. The normalized spacial score (nSPS) is 15.3. The Labute approximate surface area is 797 Å². The predicted molar refractivity (Wildman–Crippen MR) is 397 cm³/mol. The second-order valence-electron chi connectivity index (χ2n) is 22.2. The molecule has 7 aromatic heterocycles. The van der Waals surface area contributed by atoms with Gasteiger partial charge in [0, 0.05) is 80.3 Å². The van der Waals surface area contributed by atoms with E-state index in [-0.39, 0.29) is 215 Å². The molecule has 105 heavy (non-hydrogen) atoms. The number of anilines is 3. The van der Waals surface area contributed by atoms with Gasteiger partial charge in [0.25, 0.3) is 6.47 Å². The van der Waals surface area contributed by atoms with Gasteiger partial charge in [0.15, 0.2) is 0 Å². The van der Waals surface area contributed by atoms with E-state index >= 15 is 0 Å². The van der Waals surface area contributed by atoms with E-state index in [1.807, 2.05) is 88.5 Å². The average molecular weight is 1800 g/mol. The van der Waals surface area contributed by atoms with Crippen LogP contribution in [-0.4, -0.2) is 119 Å². The van der Waals surface area contributed by atoms with E-state index in [1.165, 1.54) is 17.1 Å². The first kappa shape index (κ1) is 96.9. The number of para-hydroxylation sites is 6. The van der Waals surface area contributed by atoms with Gasteiger partial charge in [-0.25, -0.2) is 70.4 Å². The summed E-state index contributed by atoms with van der Waals surface area (Å²) in [7, 11) is 6.02. The minimum atomic E-state index is -0.630. The molecule has 7 heterocycles. The second-order valence-corrected chi connectivity index (χ2v) is 24.1. The number of nitrogens with zero attached hydrogens (tertiary/aromatic N) is 16. The summed E-state index contributed by atoms with van der Waals surface area (Å²) < 4.78 is 13.7. The molecule has 3 aliphatic rings. The van der Waals surface area contributed by atoms with Crippen LogP contribution < -0.4 is 217 Å². The first-order chi connectivity index (χ1) is 48.8. The maximum Gasteiger partial charge on any atom is 1.00 e. The van der Waals surface area contributed by atoms with Crippen molar-refractivity contribution in [1.29, 1.82) is 0 Å². The van der Waals surface area contributed by atoms with Gasteiger partial charge in [-0.1, -0.05) is 107 Å². The topological polar surface area (TPSA) is 379 Å². The van der Waals surface area contributed by atoms with Gasteiger partial charge in [-0.05, 0) is 129 Å². The van der Waals surface area contributed by atoms with Crippen molar-refractivity contribution in [2.24, 2.45) is 25.9 Å². The third-order valence-electron chi connectivity index (χ3n) is 14.6. The van der Waals surface area contributed by atoms with Crippen LogP contribution in [0.4, 0.5) is 17.2 Å². The Morgan fingerprint density at radius 1 is 0.619 bits per heavy atom. The molecule has 3 saturated carbocycles. The average Bonchev–Trinajstić information content (AvgIpc) is 1.60. The minimum Gasteiger partial charge on any atom is -1.00 e. The van der Waals surface area contributed by atoms with E-state index in [0.717, 1.165) is 87.7 Å². The van der Waals surface area contributed by atoms with Gasteiger partial charge in [0.1, 0.15) is 72.4 Å². The third kappa shape index (κ3) is 32.7. The number of fused-ring (bicyclic) bond motifs is 2. The van der Waals surface area contributed by atoms with Crippen LogP contribution in [0.25, 0.3) is 33.7 Å². The minimum absolute atomic E-state index is 0. The molecule has 3 aliphatic carbocycles. The number of nitrogens with two attached hydrogens (primary N) is 2. The van der Waals surface area contributed by atoms with E-state index in [2.05, 4.69) is 136 Å². The summed E-state index contributed by atoms with van der Waals surface area (Å²) in [5, 5.41) is 13.6. The summed E-state index contributed by atoms with van der Waals surface area (Å²) in [6.07, 6.45) is 7.03. The maximum atomic E-state index is 11.5. The summed E-state index contributed by atoms with van der Waals surface area (Å²) >= 11 is 28.5. The van der Waals surface area contributed by atoms with Crippen LogP contribution in [0.5, 0.6) is 0 Å². The zero-order chi connectivity index (χ0) is 75.2. The van der Waals surface area contributed by atoms with Crippen LogP contribution in [0.15, 0.2) is 122 Å². The number of nitrogens with one attached hydrogen (secondary N) is 2. The molecule has 0 radical (unpaired) electrons. The van der Waals surface area contributed by atoms with E-state index in [1.54, 1.807) is 58.9 Å². The van der Waals surface area contributed by atoms with Crippen molar-refractivity contribution in [2.45, 2.75) is 104 Å². The quantitative estimate of drug-likeness (QED) is 0.0103. The Balaban J connectivity index is 0.000000625. The van der Waals surface area contributed by atoms with Crippen molar-refractivity contribution >= 4 is 128 Å². The van der Waals surface area contributed by atoms with Gasteiger partial charge in [0.2, 0.25) is 0 Å². The molecule has 0 bridgehead atoms. The van der Waals surface area contributed by atoms with E-state index < -0.39 is 5.97 Å². The number of rotatable bonds is 13. The third-order valence-corrected chi connectivity index (χ3v) is 15.6. The van der Waals surface area contributed by atoms with Crippen LogP contribution >= 0.6 is 58.0 Å². The van der Waals surface area contributed by atoms with Gasteiger partial charge in [-0.15, -0.1) is 6.58 Å². The number of carbonyl (C=O) groups excluding carboxylic acids is 3. The first-order valence-electron chi connectivity index (χ1n) is 31.6. The van der Waals surface area contributed by atoms with Crippen molar-refractivity contribution in [1.82, 2.24) is 68.9 Å². The Morgan fingerprint density at radius 2 is 1.02 bits per heavy atom. The number of nitrogen functional groups attached to an aromatic ring is 2. The van der Waals surface area contributed by atoms with Crippen LogP contribution in [0.2, 0.25) is 25.8 Å². The molecule has 27 nitrogen and oxygen atoms in total.